The second-order valence-electron chi connectivity index (χ2n) is 7.01. The van der Waals surface area contributed by atoms with Gasteiger partial charge in [-0.1, -0.05) is 12.1 Å². The van der Waals surface area contributed by atoms with E-state index in [1.807, 2.05) is 5.38 Å². The second-order valence-corrected chi connectivity index (χ2v) is 8.86. The second kappa shape index (κ2) is 10.0. The summed E-state index contributed by atoms with van der Waals surface area (Å²) < 4.78 is 4.88. The van der Waals surface area contributed by atoms with E-state index >= 15 is 0 Å². The first-order chi connectivity index (χ1) is 13.5. The summed E-state index contributed by atoms with van der Waals surface area (Å²) in [4.78, 5) is 30.8. The summed E-state index contributed by atoms with van der Waals surface area (Å²) in [5.41, 5.74) is 0.991. The minimum Gasteiger partial charge on any atom is -0.360 e. The van der Waals surface area contributed by atoms with Crippen LogP contribution in [0, 0.1) is 12.8 Å². The molecule has 0 aliphatic carbocycles. The summed E-state index contributed by atoms with van der Waals surface area (Å²) >= 11 is 2.67. The monoisotopic (exact) mass is 423 g/mol. The van der Waals surface area contributed by atoms with E-state index in [-0.39, 0.29) is 23.3 Å². The van der Waals surface area contributed by atoms with Gasteiger partial charge in [0.15, 0.2) is 10.9 Å². The van der Waals surface area contributed by atoms with Crippen molar-refractivity contribution in [2.45, 2.75) is 33.2 Å². The summed E-state index contributed by atoms with van der Waals surface area (Å²) in [6, 6.07) is 1.64. The molecule has 0 atom stereocenters. The predicted octanol–water partition coefficient (Wildman–Crippen LogP) is 2.98. The van der Waals surface area contributed by atoms with E-state index in [9.17, 15) is 9.59 Å². The topological polar surface area (TPSA) is 100 Å². The normalized spacial score (nSPS) is 15.5. The van der Waals surface area contributed by atoms with Crippen LogP contribution in [-0.4, -0.2) is 51.5 Å². The van der Waals surface area contributed by atoms with Crippen molar-refractivity contribution in [1.29, 1.82) is 0 Å². The third-order valence-electron chi connectivity index (χ3n) is 4.42. The summed E-state index contributed by atoms with van der Waals surface area (Å²) in [5, 5.41) is 11.7. The van der Waals surface area contributed by atoms with Crippen molar-refractivity contribution in [3.8, 4) is 0 Å². The fourth-order valence-electron chi connectivity index (χ4n) is 2.88. The Balaban J connectivity index is 1.34. The maximum absolute atomic E-state index is 12.1. The van der Waals surface area contributed by atoms with Crippen molar-refractivity contribution in [1.82, 2.24) is 15.0 Å². The molecule has 1 aliphatic heterocycles. The lowest BCUT2D eigenvalue weighted by Crippen LogP contribution is -2.32. The molecule has 2 amide bonds. The van der Waals surface area contributed by atoms with Crippen molar-refractivity contribution in [2.24, 2.45) is 5.92 Å². The van der Waals surface area contributed by atoms with E-state index < -0.39 is 0 Å². The number of hydrogen-bond acceptors (Lipinski definition) is 8. The molecule has 0 spiro atoms. The average Bonchev–Trinajstić information content (AvgIpc) is 3.25. The van der Waals surface area contributed by atoms with E-state index in [0.717, 1.165) is 31.2 Å². The van der Waals surface area contributed by atoms with Gasteiger partial charge in [-0.05, 0) is 38.8 Å². The summed E-state index contributed by atoms with van der Waals surface area (Å²) in [6.07, 6.45) is 2.46. The van der Waals surface area contributed by atoms with E-state index in [0.29, 0.717) is 16.7 Å². The molecule has 1 aliphatic rings. The molecule has 2 aromatic rings. The standard InChI is InChI=1S/C18H25N5O3S2/c1-12-3-5-23(6-4-12)8-14-9-28-18(19-14)21-17(25)11-27-10-16(24)20-15-7-13(2)26-22-15/h7,9,12H,3-6,8,10-11H2,1-2H3,(H,19,21,25)(H,20,22,24). The van der Waals surface area contributed by atoms with Gasteiger partial charge >= 0.3 is 0 Å². The van der Waals surface area contributed by atoms with Crippen LogP contribution in [0.3, 0.4) is 0 Å². The minimum atomic E-state index is -0.224. The highest BCUT2D eigenvalue weighted by atomic mass is 32.2. The maximum Gasteiger partial charge on any atom is 0.236 e. The Morgan fingerprint density at radius 2 is 2.00 bits per heavy atom. The lowest BCUT2D eigenvalue weighted by atomic mass is 9.99. The number of nitrogens with one attached hydrogen (secondary N) is 2. The lowest BCUT2D eigenvalue weighted by molar-refractivity contribution is -0.114. The smallest absolute Gasteiger partial charge is 0.236 e. The lowest BCUT2D eigenvalue weighted by Gasteiger charge is -2.29. The number of hydrogen-bond donors (Lipinski definition) is 2. The number of aryl methyl sites for hydroxylation is 1. The minimum absolute atomic E-state index is 0.163. The van der Waals surface area contributed by atoms with Gasteiger partial charge in [0.2, 0.25) is 11.8 Å². The van der Waals surface area contributed by atoms with E-state index in [1.165, 1.54) is 35.9 Å². The third-order valence-corrected chi connectivity index (χ3v) is 6.16. The molecule has 0 saturated carbocycles. The maximum atomic E-state index is 12.1. The molecule has 3 heterocycles. The summed E-state index contributed by atoms with van der Waals surface area (Å²) in [7, 11) is 0. The number of carbonyl (C=O) groups excluding carboxylic acids is 2. The first kappa shape index (κ1) is 20.8. The molecule has 0 aromatic carbocycles. The van der Waals surface area contributed by atoms with E-state index in [4.69, 9.17) is 4.52 Å². The Morgan fingerprint density at radius 3 is 2.68 bits per heavy atom. The first-order valence-corrected chi connectivity index (χ1v) is 11.3. The zero-order valence-electron chi connectivity index (χ0n) is 16.1. The summed E-state index contributed by atoms with van der Waals surface area (Å²) in [5.74, 6) is 1.77. The van der Waals surface area contributed by atoms with Gasteiger partial charge in [-0.3, -0.25) is 14.5 Å². The van der Waals surface area contributed by atoms with Crippen molar-refractivity contribution in [2.75, 3.05) is 35.2 Å². The van der Waals surface area contributed by atoms with Gasteiger partial charge in [0.25, 0.3) is 0 Å². The highest BCUT2D eigenvalue weighted by Gasteiger charge is 2.17. The molecular weight excluding hydrogens is 398 g/mol. The Morgan fingerprint density at radius 1 is 1.29 bits per heavy atom. The first-order valence-electron chi connectivity index (χ1n) is 9.25. The Kier molecular flexibility index (Phi) is 7.46. The molecule has 152 valence electrons. The number of aromatic nitrogens is 2. The Hall–Kier alpha value is -1.91. The number of piperidine rings is 1. The molecule has 3 rings (SSSR count). The van der Waals surface area contributed by atoms with Gasteiger partial charge in [0.05, 0.1) is 17.2 Å². The van der Waals surface area contributed by atoms with Crippen LogP contribution in [0.1, 0.15) is 31.2 Å². The third kappa shape index (κ3) is 6.61. The molecule has 0 bridgehead atoms. The molecule has 2 aromatic heterocycles. The van der Waals surface area contributed by atoms with Crippen molar-refractivity contribution < 1.29 is 14.1 Å². The van der Waals surface area contributed by atoms with E-state index in [2.05, 4.69) is 32.6 Å². The zero-order valence-corrected chi connectivity index (χ0v) is 17.7. The Labute approximate surface area is 172 Å². The van der Waals surface area contributed by atoms with Gasteiger partial charge in [0, 0.05) is 18.0 Å². The number of carbonyl (C=O) groups is 2. The summed E-state index contributed by atoms with van der Waals surface area (Å²) in [6.45, 7) is 7.08. The van der Waals surface area contributed by atoms with Gasteiger partial charge < -0.3 is 15.2 Å². The number of rotatable bonds is 8. The number of nitrogens with zero attached hydrogens (tertiary/aromatic N) is 3. The van der Waals surface area contributed by atoms with Gasteiger partial charge in [-0.25, -0.2) is 4.98 Å². The van der Waals surface area contributed by atoms with Crippen LogP contribution in [0.4, 0.5) is 10.9 Å². The van der Waals surface area contributed by atoms with Crippen molar-refractivity contribution in [3.63, 3.8) is 0 Å². The van der Waals surface area contributed by atoms with Crippen LogP contribution in [-0.2, 0) is 16.1 Å². The van der Waals surface area contributed by atoms with Crippen molar-refractivity contribution in [3.05, 3.63) is 22.9 Å². The quantitative estimate of drug-likeness (QED) is 0.673. The molecule has 0 unspecified atom stereocenters. The van der Waals surface area contributed by atoms with Crippen LogP contribution in [0.25, 0.3) is 0 Å². The largest absolute Gasteiger partial charge is 0.360 e. The highest BCUT2D eigenvalue weighted by molar-refractivity contribution is 8.00. The fourth-order valence-corrected chi connectivity index (χ4v) is 4.22. The molecular formula is C18H25N5O3S2. The van der Waals surface area contributed by atoms with Gasteiger partial charge in [0.1, 0.15) is 5.76 Å². The van der Waals surface area contributed by atoms with Crippen molar-refractivity contribution >= 4 is 45.9 Å². The average molecular weight is 424 g/mol. The molecule has 1 fully saturated rings. The predicted molar refractivity (Wildman–Crippen MR) is 112 cm³/mol. The number of thiazole rings is 1. The van der Waals surface area contributed by atoms with Crippen LogP contribution >= 0.6 is 23.1 Å². The Bertz CT molecular complexity index is 799. The molecule has 0 radical (unpaired) electrons. The van der Waals surface area contributed by atoms with Crippen LogP contribution in [0.15, 0.2) is 16.0 Å². The number of anilines is 2. The molecule has 1 saturated heterocycles. The molecule has 2 N–H and O–H groups in total. The SMILES string of the molecule is Cc1cc(NC(=O)CSCC(=O)Nc2nc(CN3CCC(C)CC3)cs2)no1. The van der Waals surface area contributed by atoms with Crippen LogP contribution in [0.5, 0.6) is 0 Å². The highest BCUT2D eigenvalue weighted by Crippen LogP contribution is 2.21. The van der Waals surface area contributed by atoms with Crippen LogP contribution in [0.2, 0.25) is 0 Å². The van der Waals surface area contributed by atoms with Gasteiger partial charge in [-0.2, -0.15) is 0 Å². The zero-order chi connectivity index (χ0) is 19.9. The number of thioether (sulfide) groups is 1. The van der Waals surface area contributed by atoms with Crippen LogP contribution < -0.4 is 10.6 Å². The van der Waals surface area contributed by atoms with E-state index in [1.54, 1.807) is 13.0 Å². The molecule has 10 heteroatoms. The fraction of sp³-hybridized carbons (Fsp3) is 0.556. The molecule has 8 nitrogen and oxygen atoms in total. The van der Waals surface area contributed by atoms with Gasteiger partial charge in [-0.15, -0.1) is 23.1 Å². The number of likely N-dealkylation sites (tertiary alicyclic amines) is 1. The molecule has 28 heavy (non-hydrogen) atoms. The number of amides is 2.